The van der Waals surface area contributed by atoms with Crippen LogP contribution >= 0.6 is 0 Å². The van der Waals surface area contributed by atoms with Crippen molar-refractivity contribution in [2.24, 2.45) is 0 Å². The number of hydrogen-bond donors (Lipinski definition) is 4. The fraction of sp³-hybridized carbons (Fsp3) is 0.292. The summed E-state index contributed by atoms with van der Waals surface area (Å²) in [4.78, 5) is 33.8. The minimum atomic E-state index is -0.342. The molecule has 0 saturated heterocycles. The molecule has 2 aromatic heterocycles. The number of hydrogen-bond acceptors (Lipinski definition) is 7. The first kappa shape index (κ1) is 23.1. The van der Waals surface area contributed by atoms with Crippen LogP contribution in [0.15, 0.2) is 54.0 Å². The lowest BCUT2D eigenvalue weighted by Crippen LogP contribution is -2.29. The van der Waals surface area contributed by atoms with Gasteiger partial charge in [0.1, 0.15) is 11.2 Å². The summed E-state index contributed by atoms with van der Waals surface area (Å²) < 4.78 is 2.70. The van der Waals surface area contributed by atoms with E-state index in [9.17, 15) is 9.59 Å². The van der Waals surface area contributed by atoms with Crippen molar-refractivity contribution in [2.45, 2.75) is 39.4 Å². The number of rotatable bonds is 7. The first-order chi connectivity index (χ1) is 16.4. The molecule has 0 atom stereocenters. The lowest BCUT2D eigenvalue weighted by atomic mass is 10.0. The number of benzene rings is 1. The van der Waals surface area contributed by atoms with Crippen LogP contribution in [0, 0.1) is 5.41 Å². The van der Waals surface area contributed by atoms with Gasteiger partial charge < -0.3 is 16.0 Å². The van der Waals surface area contributed by atoms with Crippen molar-refractivity contribution >= 4 is 34.4 Å². The van der Waals surface area contributed by atoms with Gasteiger partial charge in [-0.3, -0.25) is 15.0 Å². The van der Waals surface area contributed by atoms with Crippen LogP contribution in [0.3, 0.4) is 0 Å². The Labute approximate surface area is 196 Å². The maximum atomic E-state index is 12.9. The van der Waals surface area contributed by atoms with Gasteiger partial charge in [-0.05, 0) is 56.1 Å². The SMILES string of the molecule is C=CCn1c(=O)c2cnc(Nc3ccc4c(c3)CNCC4)nc2n1C(=N)/C=C\C(=O)NC(C)C. The van der Waals surface area contributed by atoms with Gasteiger partial charge in [-0.2, -0.15) is 4.98 Å². The highest BCUT2D eigenvalue weighted by Crippen LogP contribution is 2.21. The quantitative estimate of drug-likeness (QED) is 0.185. The fourth-order valence-electron chi connectivity index (χ4n) is 3.87. The summed E-state index contributed by atoms with van der Waals surface area (Å²) in [7, 11) is 0. The van der Waals surface area contributed by atoms with Gasteiger partial charge in [-0.1, -0.05) is 12.1 Å². The second-order valence-electron chi connectivity index (χ2n) is 8.34. The molecule has 4 N–H and O–H groups in total. The number of amides is 1. The summed E-state index contributed by atoms with van der Waals surface area (Å²) in [6.45, 7) is 9.35. The zero-order valence-electron chi connectivity index (χ0n) is 19.3. The average Bonchev–Trinajstić information content (AvgIpc) is 3.08. The molecule has 1 aliphatic rings. The summed E-state index contributed by atoms with van der Waals surface area (Å²) >= 11 is 0. The van der Waals surface area contributed by atoms with Crippen LogP contribution in [0.25, 0.3) is 11.0 Å². The number of aromatic nitrogens is 4. The van der Waals surface area contributed by atoms with Crippen molar-refractivity contribution in [3.63, 3.8) is 0 Å². The molecule has 0 bridgehead atoms. The Morgan fingerprint density at radius 3 is 2.91 bits per heavy atom. The van der Waals surface area contributed by atoms with Gasteiger partial charge in [0.25, 0.3) is 5.56 Å². The molecule has 4 rings (SSSR count). The Morgan fingerprint density at radius 1 is 1.32 bits per heavy atom. The molecular formula is C24H28N8O2. The van der Waals surface area contributed by atoms with E-state index < -0.39 is 0 Å². The van der Waals surface area contributed by atoms with Crippen LogP contribution in [-0.4, -0.2) is 43.7 Å². The van der Waals surface area contributed by atoms with Crippen LogP contribution in [-0.2, 0) is 24.3 Å². The minimum Gasteiger partial charge on any atom is -0.350 e. The summed E-state index contributed by atoms with van der Waals surface area (Å²) in [5.41, 5.74) is 3.30. The lowest BCUT2D eigenvalue weighted by molar-refractivity contribution is -0.116. The van der Waals surface area contributed by atoms with E-state index in [4.69, 9.17) is 5.41 Å². The topological polar surface area (TPSA) is 130 Å². The Kier molecular flexibility index (Phi) is 6.69. The number of carbonyl (C=O) groups is 1. The molecule has 1 amide bonds. The van der Waals surface area contributed by atoms with Crippen molar-refractivity contribution in [3.05, 3.63) is 70.7 Å². The molecule has 0 radical (unpaired) electrons. The van der Waals surface area contributed by atoms with Crippen LogP contribution < -0.4 is 21.5 Å². The van der Waals surface area contributed by atoms with Crippen LogP contribution in [0.5, 0.6) is 0 Å². The zero-order valence-corrected chi connectivity index (χ0v) is 19.3. The van der Waals surface area contributed by atoms with E-state index >= 15 is 0 Å². The third-order valence-corrected chi connectivity index (χ3v) is 5.38. The molecule has 10 nitrogen and oxygen atoms in total. The fourth-order valence-corrected chi connectivity index (χ4v) is 3.87. The number of allylic oxidation sites excluding steroid dienone is 2. The Morgan fingerprint density at radius 2 is 2.15 bits per heavy atom. The highest BCUT2D eigenvalue weighted by molar-refractivity contribution is 6.01. The van der Waals surface area contributed by atoms with E-state index in [1.807, 2.05) is 19.9 Å². The first-order valence-corrected chi connectivity index (χ1v) is 11.1. The van der Waals surface area contributed by atoms with Crippen molar-refractivity contribution in [3.8, 4) is 0 Å². The largest absolute Gasteiger partial charge is 0.350 e. The van der Waals surface area contributed by atoms with E-state index in [-0.39, 0.29) is 40.9 Å². The molecule has 3 aromatic rings. The highest BCUT2D eigenvalue weighted by Gasteiger charge is 2.18. The van der Waals surface area contributed by atoms with Crippen LogP contribution in [0.4, 0.5) is 11.6 Å². The zero-order chi connectivity index (χ0) is 24.2. The molecule has 1 aliphatic heterocycles. The van der Waals surface area contributed by atoms with E-state index in [1.54, 1.807) is 6.08 Å². The smallest absolute Gasteiger partial charge is 0.278 e. The van der Waals surface area contributed by atoms with E-state index in [0.717, 1.165) is 25.2 Å². The Balaban J connectivity index is 1.70. The molecule has 3 heterocycles. The molecule has 1 aromatic carbocycles. The normalized spacial score (nSPS) is 13.3. The third kappa shape index (κ3) is 4.81. The molecule has 0 unspecified atom stereocenters. The van der Waals surface area contributed by atoms with Crippen molar-refractivity contribution < 1.29 is 4.79 Å². The molecule has 0 aliphatic carbocycles. The summed E-state index contributed by atoms with van der Waals surface area (Å²) in [6, 6.07) is 6.10. The van der Waals surface area contributed by atoms with E-state index in [1.165, 1.54) is 38.8 Å². The first-order valence-electron chi connectivity index (χ1n) is 11.1. The summed E-state index contributed by atoms with van der Waals surface area (Å²) in [5, 5.41) is 18.1. The van der Waals surface area contributed by atoms with Gasteiger partial charge >= 0.3 is 0 Å². The third-order valence-electron chi connectivity index (χ3n) is 5.38. The molecule has 0 saturated carbocycles. The minimum absolute atomic E-state index is 0.0292. The van der Waals surface area contributed by atoms with Gasteiger partial charge in [0.15, 0.2) is 5.65 Å². The predicted octanol–water partition coefficient (Wildman–Crippen LogP) is 2.07. The lowest BCUT2D eigenvalue weighted by Gasteiger charge is -2.18. The standard InChI is InChI=1S/C24H28N8O2/c1-4-11-31-23(34)19-14-27-24(29-18-6-5-16-9-10-26-13-17(16)12-18)30-22(19)32(31)20(25)7-8-21(33)28-15(2)3/h4-8,12,14-15,25-26H,1,9-11,13H2,2-3H3,(H,28,33)(H,27,29,30)/b8-7-,25-20?. The van der Waals surface area contributed by atoms with Gasteiger partial charge in [-0.15, -0.1) is 6.58 Å². The van der Waals surface area contributed by atoms with Crippen molar-refractivity contribution in [1.82, 2.24) is 30.0 Å². The molecular weight excluding hydrogens is 432 g/mol. The second kappa shape index (κ2) is 9.84. The summed E-state index contributed by atoms with van der Waals surface area (Å²) in [5.74, 6) is -0.111. The monoisotopic (exact) mass is 460 g/mol. The Hall–Kier alpha value is -4.05. The average molecular weight is 461 g/mol. The molecule has 0 fully saturated rings. The summed E-state index contributed by atoms with van der Waals surface area (Å²) in [6.07, 6.45) is 6.60. The Bertz CT molecular complexity index is 1350. The van der Waals surface area contributed by atoms with Crippen molar-refractivity contribution in [2.75, 3.05) is 11.9 Å². The van der Waals surface area contributed by atoms with E-state index in [0.29, 0.717) is 5.95 Å². The van der Waals surface area contributed by atoms with Gasteiger partial charge in [0.05, 0.1) is 6.54 Å². The number of nitrogens with one attached hydrogen (secondary N) is 4. The van der Waals surface area contributed by atoms with Gasteiger partial charge in [-0.25, -0.2) is 14.3 Å². The van der Waals surface area contributed by atoms with E-state index in [2.05, 4.69) is 44.6 Å². The molecule has 176 valence electrons. The second-order valence-corrected chi connectivity index (χ2v) is 8.34. The highest BCUT2D eigenvalue weighted by atomic mass is 16.1. The number of anilines is 2. The van der Waals surface area contributed by atoms with Gasteiger partial charge in [0, 0.05) is 30.5 Å². The maximum Gasteiger partial charge on any atom is 0.278 e. The maximum absolute atomic E-state index is 12.9. The van der Waals surface area contributed by atoms with Crippen LogP contribution in [0.1, 0.15) is 25.0 Å². The molecule has 0 spiro atoms. The molecule has 34 heavy (non-hydrogen) atoms. The van der Waals surface area contributed by atoms with Crippen LogP contribution in [0.2, 0.25) is 0 Å². The number of nitrogens with zero attached hydrogens (tertiary/aromatic N) is 4. The van der Waals surface area contributed by atoms with Gasteiger partial charge in [0.2, 0.25) is 11.9 Å². The van der Waals surface area contributed by atoms with Crippen molar-refractivity contribution in [1.29, 1.82) is 5.41 Å². The number of fused-ring (bicyclic) bond motifs is 2. The molecule has 10 heteroatoms. The number of carbonyl (C=O) groups excluding carboxylic acids is 1. The predicted molar refractivity (Wildman–Crippen MR) is 133 cm³/mol.